The third-order valence-corrected chi connectivity index (χ3v) is 6.88. The van der Waals surface area contributed by atoms with Crippen molar-refractivity contribution in [2.75, 3.05) is 33.9 Å². The lowest BCUT2D eigenvalue weighted by molar-refractivity contribution is -0.136. The summed E-state index contributed by atoms with van der Waals surface area (Å²) >= 11 is 0. The normalized spacial score (nSPS) is 28.8. The summed E-state index contributed by atoms with van der Waals surface area (Å²) in [6, 6.07) is 4.68. The van der Waals surface area contributed by atoms with E-state index in [0.717, 1.165) is 51.6 Å². The summed E-state index contributed by atoms with van der Waals surface area (Å²) in [5, 5.41) is 0. The van der Waals surface area contributed by atoms with Crippen molar-refractivity contribution >= 4 is 11.8 Å². The predicted octanol–water partition coefficient (Wildman–Crippen LogP) is 3.07. The molecule has 1 atom stereocenters. The van der Waals surface area contributed by atoms with Crippen LogP contribution in [0.5, 0.6) is 11.5 Å². The second-order valence-electron chi connectivity index (χ2n) is 8.70. The molecule has 164 valence electrons. The Kier molecular flexibility index (Phi) is 5.91. The lowest BCUT2D eigenvalue weighted by atomic mass is 9.83. The van der Waals surface area contributed by atoms with Gasteiger partial charge >= 0.3 is 0 Å². The van der Waals surface area contributed by atoms with Gasteiger partial charge in [-0.1, -0.05) is 13.0 Å². The molecule has 2 saturated heterocycles. The quantitative estimate of drug-likeness (QED) is 0.755. The van der Waals surface area contributed by atoms with Crippen molar-refractivity contribution in [1.29, 1.82) is 0 Å². The molecule has 0 radical (unpaired) electrons. The van der Waals surface area contributed by atoms with Gasteiger partial charge in [0.15, 0.2) is 0 Å². The summed E-state index contributed by atoms with van der Waals surface area (Å²) in [7, 11) is 3.08. The molecule has 7 nitrogen and oxygen atoms in total. The number of hydrogen-bond donors (Lipinski definition) is 0. The fourth-order valence-electron chi connectivity index (χ4n) is 5.10. The van der Waals surface area contributed by atoms with E-state index in [2.05, 4.69) is 6.92 Å². The molecule has 1 aliphatic carbocycles. The third-order valence-electron chi connectivity index (χ3n) is 6.88. The second kappa shape index (κ2) is 8.46. The molecule has 2 heterocycles. The first-order valence-corrected chi connectivity index (χ1v) is 11.0. The first kappa shape index (κ1) is 21.0. The van der Waals surface area contributed by atoms with E-state index in [1.54, 1.807) is 23.1 Å². The molecule has 30 heavy (non-hydrogen) atoms. The Morgan fingerprint density at radius 1 is 1.07 bits per heavy atom. The van der Waals surface area contributed by atoms with Crippen LogP contribution in [-0.2, 0) is 9.53 Å². The number of rotatable bonds is 4. The molecule has 1 aromatic rings. The van der Waals surface area contributed by atoms with E-state index in [1.165, 1.54) is 14.2 Å². The van der Waals surface area contributed by atoms with Crippen LogP contribution in [0.2, 0.25) is 0 Å². The van der Waals surface area contributed by atoms with Crippen molar-refractivity contribution in [3.05, 3.63) is 23.8 Å². The zero-order valence-corrected chi connectivity index (χ0v) is 18.2. The van der Waals surface area contributed by atoms with Crippen LogP contribution in [-0.4, -0.2) is 67.3 Å². The highest BCUT2D eigenvalue weighted by molar-refractivity contribution is 6.02. The Hall–Kier alpha value is -2.28. The maximum absolute atomic E-state index is 14.0. The van der Waals surface area contributed by atoms with E-state index in [4.69, 9.17) is 14.2 Å². The molecule has 1 aromatic carbocycles. The highest BCUT2D eigenvalue weighted by Crippen LogP contribution is 2.45. The molecule has 1 unspecified atom stereocenters. The zero-order valence-electron chi connectivity index (χ0n) is 18.2. The molecule has 0 N–H and O–H groups in total. The summed E-state index contributed by atoms with van der Waals surface area (Å²) in [5.74, 6) is 1.21. The number of hydrogen-bond acceptors (Lipinski definition) is 5. The van der Waals surface area contributed by atoms with Crippen LogP contribution in [0.1, 0.15) is 55.8 Å². The van der Waals surface area contributed by atoms with Crippen LogP contribution >= 0.6 is 0 Å². The average Bonchev–Trinajstić information content (AvgIpc) is 3.43. The van der Waals surface area contributed by atoms with Crippen molar-refractivity contribution in [2.24, 2.45) is 5.92 Å². The Morgan fingerprint density at radius 2 is 1.67 bits per heavy atom. The molecular formula is C23H32N2O5. The van der Waals surface area contributed by atoms with Gasteiger partial charge in [-0.3, -0.25) is 14.5 Å². The van der Waals surface area contributed by atoms with Crippen molar-refractivity contribution in [1.82, 2.24) is 9.80 Å². The van der Waals surface area contributed by atoms with Gasteiger partial charge in [0.1, 0.15) is 28.8 Å². The number of benzene rings is 1. The minimum absolute atomic E-state index is 0.00906. The number of amides is 2. The molecule has 1 saturated carbocycles. The monoisotopic (exact) mass is 416 g/mol. The number of carbonyl (C=O) groups excluding carboxylic acids is 2. The molecule has 2 aliphatic heterocycles. The van der Waals surface area contributed by atoms with Gasteiger partial charge in [0.2, 0.25) is 5.91 Å². The largest absolute Gasteiger partial charge is 0.496 e. The Labute approximate surface area is 178 Å². The summed E-state index contributed by atoms with van der Waals surface area (Å²) in [4.78, 5) is 31.0. The number of likely N-dealkylation sites (tertiary alicyclic amines) is 1. The fraction of sp³-hybridized carbons (Fsp3) is 0.652. The highest BCUT2D eigenvalue weighted by atomic mass is 16.5. The number of nitrogens with zero attached hydrogens (tertiary/aromatic N) is 2. The van der Waals surface area contributed by atoms with Crippen molar-refractivity contribution in [2.45, 2.75) is 57.2 Å². The number of carbonyl (C=O) groups is 2. The predicted molar refractivity (Wildman–Crippen MR) is 112 cm³/mol. The van der Waals surface area contributed by atoms with E-state index in [1.807, 2.05) is 4.90 Å². The molecular weight excluding hydrogens is 384 g/mol. The van der Waals surface area contributed by atoms with Crippen molar-refractivity contribution < 1.29 is 23.8 Å². The summed E-state index contributed by atoms with van der Waals surface area (Å²) < 4.78 is 17.3. The van der Waals surface area contributed by atoms with Gasteiger partial charge in [0.25, 0.3) is 5.91 Å². The molecule has 1 spiro atoms. The minimum atomic E-state index is -0.741. The number of ether oxygens (including phenoxy) is 3. The lowest BCUT2D eigenvalue weighted by Crippen LogP contribution is -2.57. The molecule has 7 heteroatoms. The standard InChI is InChI=1S/C23H32N2O5/c1-16-9-11-23(12-10-16)25(17(15-30-23)21(26)24-13-4-5-14-24)22(27)20-18(28-2)7-6-8-19(20)29-3/h6-8,16-17H,4-5,9-15H2,1-3H3. The summed E-state index contributed by atoms with van der Waals surface area (Å²) in [5.41, 5.74) is -0.389. The second-order valence-corrected chi connectivity index (χ2v) is 8.70. The molecule has 2 amide bonds. The third kappa shape index (κ3) is 3.53. The van der Waals surface area contributed by atoms with Crippen LogP contribution in [0.25, 0.3) is 0 Å². The van der Waals surface area contributed by atoms with Gasteiger partial charge in [0, 0.05) is 13.1 Å². The molecule has 3 fully saturated rings. The Bertz CT molecular complexity index is 775. The molecule has 4 rings (SSSR count). The smallest absolute Gasteiger partial charge is 0.264 e. The topological polar surface area (TPSA) is 68.3 Å². The Morgan fingerprint density at radius 3 is 2.23 bits per heavy atom. The lowest BCUT2D eigenvalue weighted by Gasteiger charge is -2.43. The van der Waals surface area contributed by atoms with Crippen molar-refractivity contribution in [3.63, 3.8) is 0 Å². The first-order valence-electron chi connectivity index (χ1n) is 11.0. The molecule has 0 bridgehead atoms. The van der Waals surface area contributed by atoms with Gasteiger partial charge in [0.05, 0.1) is 20.8 Å². The van der Waals surface area contributed by atoms with E-state index >= 15 is 0 Å². The van der Waals surface area contributed by atoms with Gasteiger partial charge in [-0.2, -0.15) is 0 Å². The van der Waals surface area contributed by atoms with Gasteiger partial charge in [-0.25, -0.2) is 0 Å². The van der Waals surface area contributed by atoms with Crippen LogP contribution < -0.4 is 9.47 Å². The van der Waals surface area contributed by atoms with Crippen LogP contribution in [0.4, 0.5) is 0 Å². The minimum Gasteiger partial charge on any atom is -0.496 e. The van der Waals surface area contributed by atoms with Crippen LogP contribution in [0, 0.1) is 5.92 Å². The summed E-state index contributed by atoms with van der Waals surface area (Å²) in [6.45, 7) is 3.97. The van der Waals surface area contributed by atoms with E-state index < -0.39 is 11.8 Å². The van der Waals surface area contributed by atoms with E-state index in [0.29, 0.717) is 23.0 Å². The van der Waals surface area contributed by atoms with E-state index in [9.17, 15) is 9.59 Å². The molecule has 3 aliphatic rings. The van der Waals surface area contributed by atoms with Crippen LogP contribution in [0.3, 0.4) is 0 Å². The van der Waals surface area contributed by atoms with Gasteiger partial charge < -0.3 is 19.1 Å². The first-order chi connectivity index (χ1) is 14.5. The fourth-order valence-corrected chi connectivity index (χ4v) is 5.10. The SMILES string of the molecule is COc1cccc(OC)c1C(=O)N1C(C(=O)N2CCCC2)COC12CCC(C)CC2. The Balaban J connectivity index is 1.74. The van der Waals surface area contributed by atoms with E-state index in [-0.39, 0.29) is 18.4 Å². The number of methoxy groups -OCH3 is 2. The van der Waals surface area contributed by atoms with Gasteiger partial charge in [-0.15, -0.1) is 0 Å². The van der Waals surface area contributed by atoms with Crippen LogP contribution in [0.15, 0.2) is 18.2 Å². The average molecular weight is 417 g/mol. The molecule has 0 aromatic heterocycles. The maximum atomic E-state index is 14.0. The zero-order chi connectivity index (χ0) is 21.3. The highest BCUT2D eigenvalue weighted by Gasteiger charge is 2.55. The van der Waals surface area contributed by atoms with Crippen molar-refractivity contribution in [3.8, 4) is 11.5 Å². The summed E-state index contributed by atoms with van der Waals surface area (Å²) in [6.07, 6.45) is 5.43. The van der Waals surface area contributed by atoms with Gasteiger partial charge in [-0.05, 0) is 56.6 Å². The maximum Gasteiger partial charge on any atom is 0.264 e.